The van der Waals surface area contributed by atoms with Gasteiger partial charge in [-0.05, 0) is 43.5 Å². The predicted molar refractivity (Wildman–Crippen MR) is 68.8 cm³/mol. The molecule has 1 aliphatic rings. The number of fused-ring (bicyclic) bond motifs is 1. The lowest BCUT2D eigenvalue weighted by Crippen LogP contribution is -2.32. The van der Waals surface area contributed by atoms with Gasteiger partial charge in [0.2, 0.25) is 5.91 Å². The minimum absolute atomic E-state index is 0.110. The van der Waals surface area contributed by atoms with Crippen molar-refractivity contribution in [3.05, 3.63) is 34.9 Å². The molecule has 1 heterocycles. The molecule has 0 atom stereocenters. The van der Waals surface area contributed by atoms with E-state index in [1.165, 1.54) is 11.1 Å². The molecule has 1 amide bonds. The van der Waals surface area contributed by atoms with E-state index in [2.05, 4.69) is 28.8 Å². The van der Waals surface area contributed by atoms with Crippen molar-refractivity contribution in [3.63, 3.8) is 0 Å². The van der Waals surface area contributed by atoms with Crippen molar-refractivity contribution in [2.75, 3.05) is 6.54 Å². The first-order valence-corrected chi connectivity index (χ1v) is 6.26. The number of amides is 1. The third-order valence-electron chi connectivity index (χ3n) is 3.04. The molecular formula is C14H20N2O. The highest BCUT2D eigenvalue weighted by Gasteiger charge is 2.14. The minimum Gasteiger partial charge on any atom is -0.354 e. The van der Waals surface area contributed by atoms with Crippen molar-refractivity contribution < 1.29 is 4.79 Å². The van der Waals surface area contributed by atoms with Crippen LogP contribution in [0.2, 0.25) is 0 Å². The van der Waals surface area contributed by atoms with Gasteiger partial charge in [-0.25, -0.2) is 0 Å². The molecule has 0 aliphatic carbocycles. The Labute approximate surface area is 103 Å². The molecule has 0 unspecified atom stereocenters. The molecule has 92 valence electrons. The fourth-order valence-corrected chi connectivity index (χ4v) is 2.30. The van der Waals surface area contributed by atoms with Crippen molar-refractivity contribution in [2.45, 2.75) is 39.3 Å². The van der Waals surface area contributed by atoms with Crippen LogP contribution >= 0.6 is 0 Å². The molecule has 3 nitrogen and oxygen atoms in total. The first kappa shape index (κ1) is 12.1. The Morgan fingerprint density at radius 1 is 1.47 bits per heavy atom. The lowest BCUT2D eigenvalue weighted by molar-refractivity contribution is -0.120. The van der Waals surface area contributed by atoms with Gasteiger partial charge in [-0.2, -0.15) is 0 Å². The van der Waals surface area contributed by atoms with Crippen molar-refractivity contribution in [2.24, 2.45) is 0 Å². The van der Waals surface area contributed by atoms with Gasteiger partial charge in [-0.3, -0.25) is 4.79 Å². The largest absolute Gasteiger partial charge is 0.354 e. The molecule has 17 heavy (non-hydrogen) atoms. The lowest BCUT2D eigenvalue weighted by Gasteiger charge is -2.20. The Morgan fingerprint density at radius 3 is 3.06 bits per heavy atom. The first-order valence-electron chi connectivity index (χ1n) is 6.26. The number of carbonyl (C=O) groups excluding carboxylic acids is 1. The van der Waals surface area contributed by atoms with Gasteiger partial charge in [0.1, 0.15) is 0 Å². The van der Waals surface area contributed by atoms with E-state index in [1.807, 2.05) is 13.8 Å². The number of hydrogen-bond acceptors (Lipinski definition) is 2. The summed E-state index contributed by atoms with van der Waals surface area (Å²) < 4.78 is 0. The third kappa shape index (κ3) is 3.07. The smallest absolute Gasteiger partial charge is 0.224 e. The second-order valence-electron chi connectivity index (χ2n) is 4.88. The maximum atomic E-state index is 11.8. The molecule has 0 saturated heterocycles. The maximum Gasteiger partial charge on any atom is 0.224 e. The molecule has 0 radical (unpaired) electrons. The highest BCUT2D eigenvalue weighted by Crippen LogP contribution is 2.18. The summed E-state index contributed by atoms with van der Waals surface area (Å²) in [5, 5.41) is 6.30. The van der Waals surface area contributed by atoms with Crippen molar-refractivity contribution in [3.8, 4) is 0 Å². The summed E-state index contributed by atoms with van der Waals surface area (Å²) in [6, 6.07) is 6.49. The van der Waals surface area contributed by atoms with Gasteiger partial charge in [0.25, 0.3) is 0 Å². The Balaban J connectivity index is 2.13. The topological polar surface area (TPSA) is 41.1 Å². The van der Waals surface area contributed by atoms with E-state index in [0.29, 0.717) is 6.42 Å². The van der Waals surface area contributed by atoms with Crippen molar-refractivity contribution in [1.29, 1.82) is 0 Å². The van der Waals surface area contributed by atoms with E-state index in [0.717, 1.165) is 25.1 Å². The average molecular weight is 232 g/mol. The molecular weight excluding hydrogens is 212 g/mol. The summed E-state index contributed by atoms with van der Waals surface area (Å²) in [6.07, 6.45) is 1.55. The molecule has 1 aliphatic heterocycles. The van der Waals surface area contributed by atoms with Gasteiger partial charge in [-0.15, -0.1) is 0 Å². The molecule has 0 aromatic heterocycles. The zero-order valence-electron chi connectivity index (χ0n) is 10.5. The molecule has 2 rings (SSSR count). The predicted octanol–water partition coefficient (Wildman–Crippen LogP) is 1.40. The lowest BCUT2D eigenvalue weighted by atomic mass is 9.94. The van der Waals surface area contributed by atoms with Crippen LogP contribution in [0.25, 0.3) is 0 Å². The number of benzene rings is 1. The summed E-state index contributed by atoms with van der Waals surface area (Å²) in [6.45, 7) is 5.90. The van der Waals surface area contributed by atoms with Crippen molar-refractivity contribution >= 4 is 5.91 Å². The molecule has 0 saturated carbocycles. The van der Waals surface area contributed by atoms with Crippen LogP contribution in [0.4, 0.5) is 0 Å². The highest BCUT2D eigenvalue weighted by molar-refractivity contribution is 5.79. The number of hydrogen-bond donors (Lipinski definition) is 2. The second kappa shape index (κ2) is 5.32. The molecule has 0 bridgehead atoms. The van der Waals surface area contributed by atoms with Gasteiger partial charge in [0.05, 0.1) is 6.42 Å². The normalized spacial score (nSPS) is 14.5. The summed E-state index contributed by atoms with van der Waals surface area (Å²) in [5.41, 5.74) is 3.86. The van der Waals surface area contributed by atoms with E-state index in [1.54, 1.807) is 0 Å². The van der Waals surface area contributed by atoms with Crippen LogP contribution in [0.1, 0.15) is 30.5 Å². The van der Waals surface area contributed by atoms with Crippen LogP contribution in [0, 0.1) is 0 Å². The fraction of sp³-hybridized carbons (Fsp3) is 0.500. The van der Waals surface area contributed by atoms with E-state index in [9.17, 15) is 4.79 Å². The Morgan fingerprint density at radius 2 is 2.29 bits per heavy atom. The zero-order valence-corrected chi connectivity index (χ0v) is 10.5. The van der Waals surface area contributed by atoms with Gasteiger partial charge in [-0.1, -0.05) is 18.2 Å². The van der Waals surface area contributed by atoms with E-state index in [-0.39, 0.29) is 11.9 Å². The molecule has 0 fully saturated rings. The Kier molecular flexibility index (Phi) is 3.79. The van der Waals surface area contributed by atoms with Crippen LogP contribution < -0.4 is 10.6 Å². The highest BCUT2D eigenvalue weighted by atomic mass is 16.1. The van der Waals surface area contributed by atoms with Gasteiger partial charge in [0.15, 0.2) is 0 Å². The van der Waals surface area contributed by atoms with Crippen LogP contribution in [-0.2, 0) is 24.2 Å². The standard InChI is InChI=1S/C14H20N2O/c1-10(2)16-14(17)8-12-5-3-4-11-6-7-15-9-13(11)12/h3-5,10,15H,6-9H2,1-2H3,(H,16,17). The SMILES string of the molecule is CC(C)NC(=O)Cc1cccc2c1CNCC2. The van der Waals surface area contributed by atoms with Gasteiger partial charge >= 0.3 is 0 Å². The number of rotatable bonds is 3. The minimum atomic E-state index is 0.110. The number of carbonyl (C=O) groups is 1. The average Bonchev–Trinajstić information content (AvgIpc) is 2.28. The molecule has 1 aromatic carbocycles. The molecule has 3 heteroatoms. The van der Waals surface area contributed by atoms with Crippen LogP contribution in [-0.4, -0.2) is 18.5 Å². The monoisotopic (exact) mass is 232 g/mol. The third-order valence-corrected chi connectivity index (χ3v) is 3.04. The summed E-state index contributed by atoms with van der Waals surface area (Å²) >= 11 is 0. The zero-order chi connectivity index (χ0) is 12.3. The first-order chi connectivity index (χ1) is 8.16. The van der Waals surface area contributed by atoms with E-state index < -0.39 is 0 Å². The Bertz CT molecular complexity index is 413. The fourth-order valence-electron chi connectivity index (χ4n) is 2.30. The second-order valence-corrected chi connectivity index (χ2v) is 4.88. The van der Waals surface area contributed by atoms with E-state index >= 15 is 0 Å². The van der Waals surface area contributed by atoms with Gasteiger partial charge < -0.3 is 10.6 Å². The summed E-state index contributed by atoms with van der Waals surface area (Å²) in [7, 11) is 0. The number of nitrogens with one attached hydrogen (secondary N) is 2. The Hall–Kier alpha value is -1.35. The molecule has 0 spiro atoms. The van der Waals surface area contributed by atoms with E-state index in [4.69, 9.17) is 0 Å². The summed E-state index contributed by atoms with van der Waals surface area (Å²) in [5.74, 6) is 0.110. The van der Waals surface area contributed by atoms with Crippen molar-refractivity contribution in [1.82, 2.24) is 10.6 Å². The van der Waals surface area contributed by atoms with Crippen LogP contribution in [0.15, 0.2) is 18.2 Å². The van der Waals surface area contributed by atoms with Gasteiger partial charge in [0, 0.05) is 12.6 Å². The quantitative estimate of drug-likeness (QED) is 0.827. The van der Waals surface area contributed by atoms with Crippen LogP contribution in [0.5, 0.6) is 0 Å². The molecule has 2 N–H and O–H groups in total. The van der Waals surface area contributed by atoms with Crippen LogP contribution in [0.3, 0.4) is 0 Å². The maximum absolute atomic E-state index is 11.8. The molecule has 1 aromatic rings. The summed E-state index contributed by atoms with van der Waals surface area (Å²) in [4.78, 5) is 11.8.